The molecule has 32 heavy (non-hydrogen) atoms. The van der Waals surface area contributed by atoms with Crippen LogP contribution in [0.3, 0.4) is 0 Å². The fourth-order valence-electron chi connectivity index (χ4n) is 4.37. The van der Waals surface area contributed by atoms with Crippen molar-refractivity contribution in [1.29, 1.82) is 0 Å². The molecule has 0 spiro atoms. The highest BCUT2D eigenvalue weighted by atomic mass is 32.1. The molecule has 0 unspecified atom stereocenters. The molecule has 1 aromatic heterocycles. The van der Waals surface area contributed by atoms with E-state index in [1.807, 2.05) is 25.1 Å². The second kappa shape index (κ2) is 8.56. The maximum Gasteiger partial charge on any atom is 0.261 e. The first kappa shape index (κ1) is 21.0. The van der Waals surface area contributed by atoms with Crippen molar-refractivity contribution in [2.24, 2.45) is 0 Å². The predicted molar refractivity (Wildman–Crippen MR) is 121 cm³/mol. The van der Waals surface area contributed by atoms with E-state index in [1.165, 1.54) is 23.5 Å². The lowest BCUT2D eigenvalue weighted by Crippen LogP contribution is -2.44. The van der Waals surface area contributed by atoms with Gasteiger partial charge in [-0.15, -0.1) is 11.3 Å². The highest BCUT2D eigenvalue weighted by Gasteiger charge is 2.36. The second-order valence-corrected chi connectivity index (χ2v) is 9.33. The minimum Gasteiger partial charge on any atom is -0.454 e. The van der Waals surface area contributed by atoms with E-state index in [0.717, 1.165) is 45.9 Å². The van der Waals surface area contributed by atoms with Gasteiger partial charge in [-0.2, -0.15) is 0 Å². The molecule has 0 radical (unpaired) electrons. The molecule has 3 heterocycles. The summed E-state index contributed by atoms with van der Waals surface area (Å²) in [5, 5.41) is 3.16. The first-order valence-corrected chi connectivity index (χ1v) is 11.5. The van der Waals surface area contributed by atoms with E-state index in [1.54, 1.807) is 12.1 Å². The summed E-state index contributed by atoms with van der Waals surface area (Å²) in [5.41, 5.74) is 2.82. The zero-order chi connectivity index (χ0) is 22.1. The molecule has 1 N–H and O–H groups in total. The normalized spacial score (nSPS) is 16.7. The molecule has 1 amide bonds. The van der Waals surface area contributed by atoms with Gasteiger partial charge in [-0.1, -0.05) is 18.2 Å². The van der Waals surface area contributed by atoms with Crippen molar-refractivity contribution in [2.75, 3.05) is 26.6 Å². The molecular formula is C25H24FNO4S. The number of nitrogens with one attached hydrogen (secondary N) is 1. The zero-order valence-corrected chi connectivity index (χ0v) is 18.6. The smallest absolute Gasteiger partial charge is 0.261 e. The summed E-state index contributed by atoms with van der Waals surface area (Å²) in [5.74, 6) is 1.13. The quantitative estimate of drug-likeness (QED) is 0.586. The number of amides is 1. The number of hydrogen-bond donors (Lipinski definition) is 1. The minimum atomic E-state index is -0.272. The van der Waals surface area contributed by atoms with Crippen molar-refractivity contribution in [1.82, 2.24) is 5.32 Å². The van der Waals surface area contributed by atoms with E-state index in [0.29, 0.717) is 24.6 Å². The Hall–Kier alpha value is -2.90. The fourth-order valence-corrected chi connectivity index (χ4v) is 5.47. The van der Waals surface area contributed by atoms with E-state index in [4.69, 9.17) is 14.2 Å². The Bertz CT molecular complexity index is 1140. The van der Waals surface area contributed by atoms with Crippen LogP contribution in [0.25, 0.3) is 10.4 Å². The zero-order valence-electron chi connectivity index (χ0n) is 17.8. The van der Waals surface area contributed by atoms with Gasteiger partial charge in [0.15, 0.2) is 11.5 Å². The maximum absolute atomic E-state index is 13.3. The van der Waals surface area contributed by atoms with E-state index >= 15 is 0 Å². The molecule has 0 aliphatic carbocycles. The molecule has 166 valence electrons. The van der Waals surface area contributed by atoms with E-state index in [-0.39, 0.29) is 23.9 Å². The minimum absolute atomic E-state index is 0.0990. The van der Waals surface area contributed by atoms with Crippen LogP contribution in [-0.2, 0) is 10.2 Å². The lowest BCUT2D eigenvalue weighted by Gasteiger charge is -2.38. The third kappa shape index (κ3) is 3.98. The number of aryl methyl sites for hydroxylation is 1. The first-order chi connectivity index (χ1) is 15.5. The summed E-state index contributed by atoms with van der Waals surface area (Å²) in [6, 6.07) is 14.3. The second-order valence-electron chi connectivity index (χ2n) is 8.27. The van der Waals surface area contributed by atoms with Gasteiger partial charge in [-0.05, 0) is 66.8 Å². The number of carbonyl (C=O) groups is 1. The molecule has 2 aliphatic heterocycles. The number of rotatable bonds is 5. The largest absolute Gasteiger partial charge is 0.454 e. The van der Waals surface area contributed by atoms with Crippen molar-refractivity contribution in [3.63, 3.8) is 0 Å². The van der Waals surface area contributed by atoms with Crippen LogP contribution in [-0.4, -0.2) is 32.5 Å². The molecular weight excluding hydrogens is 429 g/mol. The summed E-state index contributed by atoms with van der Waals surface area (Å²) in [6.45, 7) is 4.02. The standard InChI is InChI=1S/C25H24FNO4S/c1-16-12-22(32-23(16)17-2-5-19(26)6-3-17)24(28)27-14-25(8-10-29-11-9-25)18-4-7-20-21(13-18)31-15-30-20/h2-7,12-13H,8-11,14-15H2,1H3,(H,27,28). The van der Waals surface area contributed by atoms with Crippen LogP contribution in [0.5, 0.6) is 11.5 Å². The highest BCUT2D eigenvalue weighted by Crippen LogP contribution is 2.41. The van der Waals surface area contributed by atoms with Gasteiger partial charge >= 0.3 is 0 Å². The van der Waals surface area contributed by atoms with Crippen molar-refractivity contribution in [3.8, 4) is 21.9 Å². The van der Waals surface area contributed by atoms with Crippen LogP contribution in [0.15, 0.2) is 48.5 Å². The van der Waals surface area contributed by atoms with Gasteiger partial charge < -0.3 is 19.5 Å². The molecule has 2 aliphatic rings. The SMILES string of the molecule is Cc1cc(C(=O)NCC2(c3ccc4c(c3)OCO4)CCOCC2)sc1-c1ccc(F)cc1. The average molecular weight is 454 g/mol. The van der Waals surface area contributed by atoms with Gasteiger partial charge in [0.25, 0.3) is 5.91 Å². The summed E-state index contributed by atoms with van der Waals surface area (Å²) in [4.78, 5) is 14.7. The van der Waals surface area contributed by atoms with Crippen LogP contribution in [0.4, 0.5) is 4.39 Å². The van der Waals surface area contributed by atoms with Crippen molar-refractivity contribution in [3.05, 3.63) is 70.4 Å². The molecule has 5 rings (SSSR count). The molecule has 5 nitrogen and oxygen atoms in total. The monoisotopic (exact) mass is 453 g/mol. The number of benzene rings is 2. The van der Waals surface area contributed by atoms with Crippen molar-refractivity contribution < 1.29 is 23.4 Å². The van der Waals surface area contributed by atoms with Crippen LogP contribution >= 0.6 is 11.3 Å². The highest BCUT2D eigenvalue weighted by molar-refractivity contribution is 7.17. The average Bonchev–Trinajstić information content (AvgIpc) is 3.45. The summed E-state index contributed by atoms with van der Waals surface area (Å²) < 4.78 is 29.9. The lowest BCUT2D eigenvalue weighted by atomic mass is 9.74. The van der Waals surface area contributed by atoms with Gasteiger partial charge in [0, 0.05) is 30.1 Å². The molecule has 1 fully saturated rings. The maximum atomic E-state index is 13.3. The van der Waals surface area contributed by atoms with Crippen LogP contribution in [0.1, 0.15) is 33.6 Å². The van der Waals surface area contributed by atoms with Crippen LogP contribution < -0.4 is 14.8 Å². The molecule has 2 aromatic carbocycles. The summed E-state index contributed by atoms with van der Waals surface area (Å²) in [6.07, 6.45) is 1.63. The Morgan fingerprint density at radius 2 is 1.81 bits per heavy atom. The van der Waals surface area contributed by atoms with Crippen LogP contribution in [0.2, 0.25) is 0 Å². The Morgan fingerprint density at radius 1 is 1.06 bits per heavy atom. The van der Waals surface area contributed by atoms with Gasteiger partial charge in [0.05, 0.1) is 4.88 Å². The molecule has 1 saturated heterocycles. The summed E-state index contributed by atoms with van der Waals surface area (Å²) in [7, 11) is 0. The molecule has 0 atom stereocenters. The third-order valence-electron chi connectivity index (χ3n) is 6.27. The van der Waals surface area contributed by atoms with Crippen molar-refractivity contribution in [2.45, 2.75) is 25.2 Å². The third-order valence-corrected chi connectivity index (χ3v) is 7.56. The Kier molecular flexibility index (Phi) is 5.61. The van der Waals surface area contributed by atoms with Crippen LogP contribution in [0, 0.1) is 12.7 Å². The first-order valence-electron chi connectivity index (χ1n) is 10.7. The number of carbonyl (C=O) groups excluding carboxylic acids is 1. The molecule has 0 bridgehead atoms. The van der Waals surface area contributed by atoms with Crippen molar-refractivity contribution >= 4 is 17.2 Å². The summed E-state index contributed by atoms with van der Waals surface area (Å²) >= 11 is 1.43. The van der Waals surface area contributed by atoms with E-state index < -0.39 is 0 Å². The van der Waals surface area contributed by atoms with Gasteiger partial charge in [0.2, 0.25) is 6.79 Å². The fraction of sp³-hybridized carbons (Fsp3) is 0.320. The van der Waals surface area contributed by atoms with Gasteiger partial charge in [0.1, 0.15) is 5.82 Å². The predicted octanol–water partition coefficient (Wildman–Crippen LogP) is 5.07. The molecule has 0 saturated carbocycles. The Balaban J connectivity index is 1.35. The van der Waals surface area contributed by atoms with Gasteiger partial charge in [-0.3, -0.25) is 4.79 Å². The Labute approximate surface area is 190 Å². The number of fused-ring (bicyclic) bond motifs is 1. The van der Waals surface area contributed by atoms with Gasteiger partial charge in [-0.25, -0.2) is 4.39 Å². The number of thiophene rings is 1. The van der Waals surface area contributed by atoms with E-state index in [2.05, 4.69) is 11.4 Å². The number of ether oxygens (including phenoxy) is 3. The topological polar surface area (TPSA) is 56.8 Å². The number of hydrogen-bond acceptors (Lipinski definition) is 5. The Morgan fingerprint density at radius 3 is 2.59 bits per heavy atom. The van der Waals surface area contributed by atoms with E-state index in [9.17, 15) is 9.18 Å². The molecule has 3 aromatic rings. The molecule has 7 heteroatoms. The lowest BCUT2D eigenvalue weighted by molar-refractivity contribution is 0.0487. The number of halogens is 1.